The first-order valence-electron chi connectivity index (χ1n) is 11.4. The first-order valence-corrected chi connectivity index (χ1v) is 11.4. The Bertz CT molecular complexity index is 739. The van der Waals surface area contributed by atoms with Crippen molar-refractivity contribution in [2.24, 2.45) is 17.8 Å². The largest absolute Gasteiger partial charge is 0.491 e. The normalized spacial score (nSPS) is 25.0. The summed E-state index contributed by atoms with van der Waals surface area (Å²) in [5.41, 5.74) is 1.09. The van der Waals surface area contributed by atoms with E-state index in [2.05, 4.69) is 6.08 Å². The summed E-state index contributed by atoms with van der Waals surface area (Å²) < 4.78 is 5.62. The van der Waals surface area contributed by atoms with Crippen LogP contribution in [0.4, 0.5) is 0 Å². The number of Topliss-reactive ketones (excluding diaryl/α,β-unsaturated/α-hetero) is 1. The topological polar surface area (TPSA) is 87.0 Å². The van der Waals surface area contributed by atoms with E-state index in [0.29, 0.717) is 25.0 Å². The Morgan fingerprint density at radius 1 is 1.23 bits per heavy atom. The van der Waals surface area contributed by atoms with Crippen molar-refractivity contribution >= 4 is 5.78 Å². The first-order chi connectivity index (χ1) is 14.8. The number of allylic oxidation sites excluding steroid dienone is 2. The Morgan fingerprint density at radius 3 is 2.71 bits per heavy atom. The maximum atomic E-state index is 11.7. The number of carbonyl (C=O) groups excluding carboxylic acids is 1. The van der Waals surface area contributed by atoms with E-state index in [1.165, 1.54) is 0 Å². The van der Waals surface area contributed by atoms with Gasteiger partial charge >= 0.3 is 0 Å². The fraction of sp³-hybridized carbons (Fsp3) is 0.577. The molecule has 1 fully saturated rings. The van der Waals surface area contributed by atoms with Gasteiger partial charge < -0.3 is 20.1 Å². The zero-order chi connectivity index (χ0) is 22.8. The molecule has 1 saturated carbocycles. The summed E-state index contributed by atoms with van der Waals surface area (Å²) in [4.78, 5) is 11.7. The first kappa shape index (κ1) is 25.3. The minimum atomic E-state index is -0.792. The molecule has 5 heteroatoms. The molecule has 3 N–H and O–H groups in total. The number of ketones is 1. The minimum Gasteiger partial charge on any atom is -0.491 e. The van der Waals surface area contributed by atoms with Gasteiger partial charge in [-0.3, -0.25) is 4.79 Å². The molecule has 0 spiro atoms. The molecule has 31 heavy (non-hydrogen) atoms. The highest BCUT2D eigenvalue weighted by molar-refractivity contribution is 5.80. The van der Waals surface area contributed by atoms with Crippen LogP contribution in [0.3, 0.4) is 0 Å². The van der Waals surface area contributed by atoms with Crippen LogP contribution in [0.2, 0.25) is 0 Å². The molecule has 5 atom stereocenters. The standard InChI is InChI=1S/C26H38O5/c1-18(2)24(28)12-7-5-4-6-11-22-23(26(30)16-25(22)29)14-13-20(27)17-31-21-10-8-9-19(3)15-21/h4,6,8-10,13-15,18,20,22-23,25-27,29-30H,5,7,11-12,16-17H2,1-3H3/b6-4-,14-13+/t20-,22-,23-,25+,26-/m1/s1. The lowest BCUT2D eigenvalue weighted by Gasteiger charge is -2.19. The molecular formula is C26H38O5. The molecule has 0 aliphatic heterocycles. The average Bonchev–Trinajstić information content (AvgIpc) is 2.99. The van der Waals surface area contributed by atoms with E-state index in [1.54, 1.807) is 6.08 Å². The van der Waals surface area contributed by atoms with Crippen LogP contribution in [0.15, 0.2) is 48.6 Å². The Balaban J connectivity index is 1.81. The lowest BCUT2D eigenvalue weighted by atomic mass is 9.89. The zero-order valence-corrected chi connectivity index (χ0v) is 19.0. The summed E-state index contributed by atoms with van der Waals surface area (Å²) in [6.07, 6.45) is 8.81. The quantitative estimate of drug-likeness (QED) is 0.345. The molecule has 1 aliphatic rings. The lowest BCUT2D eigenvalue weighted by molar-refractivity contribution is -0.121. The van der Waals surface area contributed by atoms with Gasteiger partial charge in [-0.05, 0) is 49.8 Å². The van der Waals surface area contributed by atoms with Crippen LogP contribution in [0.5, 0.6) is 5.75 Å². The molecule has 1 aromatic carbocycles. The predicted molar refractivity (Wildman–Crippen MR) is 123 cm³/mol. The number of unbranched alkanes of at least 4 members (excludes halogenated alkanes) is 1. The Labute approximate surface area is 186 Å². The van der Waals surface area contributed by atoms with Crippen LogP contribution in [0.25, 0.3) is 0 Å². The molecule has 0 bridgehead atoms. The summed E-state index contributed by atoms with van der Waals surface area (Å²) >= 11 is 0. The fourth-order valence-corrected chi connectivity index (χ4v) is 3.96. The van der Waals surface area contributed by atoms with E-state index >= 15 is 0 Å². The highest BCUT2D eigenvalue weighted by atomic mass is 16.5. The van der Waals surface area contributed by atoms with E-state index in [-0.39, 0.29) is 30.1 Å². The SMILES string of the molecule is Cc1cccc(OC[C@H](O)/C=C/[C@@H]2[C@@H](C/C=C\CCCC(=O)C(C)C)[C@@H](O)C[C@H]2O)c1. The summed E-state index contributed by atoms with van der Waals surface area (Å²) in [7, 11) is 0. The third kappa shape index (κ3) is 8.60. The number of rotatable bonds is 12. The number of hydrogen-bond acceptors (Lipinski definition) is 5. The van der Waals surface area contributed by atoms with Crippen LogP contribution in [-0.2, 0) is 4.79 Å². The Morgan fingerprint density at radius 2 is 2.00 bits per heavy atom. The molecule has 0 saturated heterocycles. The van der Waals surface area contributed by atoms with E-state index in [4.69, 9.17) is 4.74 Å². The molecular weight excluding hydrogens is 392 g/mol. The average molecular weight is 431 g/mol. The van der Waals surface area contributed by atoms with Gasteiger partial charge in [-0.15, -0.1) is 0 Å². The van der Waals surface area contributed by atoms with Crippen molar-refractivity contribution in [3.8, 4) is 5.75 Å². The van der Waals surface area contributed by atoms with Gasteiger partial charge in [0.15, 0.2) is 0 Å². The van der Waals surface area contributed by atoms with Gasteiger partial charge in [0.2, 0.25) is 0 Å². The number of aryl methyl sites for hydroxylation is 1. The monoisotopic (exact) mass is 430 g/mol. The number of hydrogen-bond donors (Lipinski definition) is 3. The molecule has 2 rings (SSSR count). The van der Waals surface area contributed by atoms with Gasteiger partial charge in [-0.25, -0.2) is 0 Å². The summed E-state index contributed by atoms with van der Waals surface area (Å²) in [5, 5.41) is 30.9. The maximum Gasteiger partial charge on any atom is 0.135 e. The van der Waals surface area contributed by atoms with Crippen LogP contribution in [-0.4, -0.2) is 46.0 Å². The van der Waals surface area contributed by atoms with Crippen molar-refractivity contribution in [1.82, 2.24) is 0 Å². The molecule has 1 aromatic rings. The molecule has 0 unspecified atom stereocenters. The molecule has 5 nitrogen and oxygen atoms in total. The molecule has 0 aromatic heterocycles. The van der Waals surface area contributed by atoms with Gasteiger partial charge in [0.05, 0.1) is 12.2 Å². The number of benzene rings is 1. The lowest BCUT2D eigenvalue weighted by Crippen LogP contribution is -2.21. The van der Waals surface area contributed by atoms with Crippen LogP contribution < -0.4 is 4.74 Å². The predicted octanol–water partition coefficient (Wildman–Crippen LogP) is 3.99. The summed E-state index contributed by atoms with van der Waals surface area (Å²) in [6, 6.07) is 7.65. The van der Waals surface area contributed by atoms with Crippen LogP contribution in [0, 0.1) is 24.7 Å². The smallest absolute Gasteiger partial charge is 0.135 e. The second-order valence-corrected chi connectivity index (χ2v) is 8.91. The van der Waals surface area contributed by atoms with Crippen molar-refractivity contribution < 1.29 is 24.9 Å². The zero-order valence-electron chi connectivity index (χ0n) is 19.0. The van der Waals surface area contributed by atoms with Gasteiger partial charge in [0.25, 0.3) is 0 Å². The van der Waals surface area contributed by atoms with Crippen molar-refractivity contribution in [1.29, 1.82) is 0 Å². The highest BCUT2D eigenvalue weighted by Crippen LogP contribution is 2.36. The molecule has 0 radical (unpaired) electrons. The number of ether oxygens (including phenoxy) is 1. The number of aliphatic hydroxyl groups excluding tert-OH is 3. The summed E-state index contributed by atoms with van der Waals surface area (Å²) in [6.45, 7) is 5.95. The van der Waals surface area contributed by atoms with E-state index < -0.39 is 18.3 Å². The Kier molecular flexibility index (Phi) is 10.4. The number of aliphatic hydroxyl groups is 3. The Hall–Kier alpha value is -1.95. The third-order valence-electron chi connectivity index (χ3n) is 5.89. The van der Waals surface area contributed by atoms with Crippen molar-refractivity contribution in [3.63, 3.8) is 0 Å². The van der Waals surface area contributed by atoms with E-state index in [9.17, 15) is 20.1 Å². The highest BCUT2D eigenvalue weighted by Gasteiger charge is 2.39. The maximum absolute atomic E-state index is 11.7. The van der Waals surface area contributed by atoms with Gasteiger partial charge in [0.1, 0.15) is 24.2 Å². The van der Waals surface area contributed by atoms with Gasteiger partial charge in [-0.2, -0.15) is 0 Å². The van der Waals surface area contributed by atoms with Crippen LogP contribution >= 0.6 is 0 Å². The molecule has 172 valence electrons. The van der Waals surface area contributed by atoms with Gasteiger partial charge in [0, 0.05) is 24.7 Å². The van der Waals surface area contributed by atoms with E-state index in [1.807, 2.05) is 57.2 Å². The van der Waals surface area contributed by atoms with Crippen molar-refractivity contribution in [3.05, 3.63) is 54.1 Å². The second kappa shape index (κ2) is 12.8. The fourth-order valence-electron chi connectivity index (χ4n) is 3.96. The third-order valence-corrected chi connectivity index (χ3v) is 5.89. The minimum absolute atomic E-state index is 0.0872. The molecule has 0 heterocycles. The van der Waals surface area contributed by atoms with Crippen LogP contribution in [0.1, 0.15) is 51.5 Å². The number of carbonyl (C=O) groups is 1. The van der Waals surface area contributed by atoms with E-state index in [0.717, 1.165) is 18.4 Å². The molecule has 0 amide bonds. The van der Waals surface area contributed by atoms with Crippen molar-refractivity contribution in [2.45, 2.75) is 71.2 Å². The molecule has 1 aliphatic carbocycles. The second-order valence-electron chi connectivity index (χ2n) is 8.91. The summed E-state index contributed by atoms with van der Waals surface area (Å²) in [5.74, 6) is 0.782. The van der Waals surface area contributed by atoms with Crippen molar-refractivity contribution in [2.75, 3.05) is 6.61 Å². The van der Waals surface area contributed by atoms with Gasteiger partial charge in [-0.1, -0.05) is 50.3 Å².